The molecule has 0 saturated heterocycles. The summed E-state index contributed by atoms with van der Waals surface area (Å²) in [4.78, 5) is 38.4. The van der Waals surface area contributed by atoms with Crippen LogP contribution in [0.15, 0.2) is 36.5 Å². The van der Waals surface area contributed by atoms with Crippen LogP contribution < -0.4 is 0 Å². The van der Waals surface area contributed by atoms with E-state index in [1.54, 1.807) is 0 Å². The number of carbonyl (C=O) groups excluding carboxylic acids is 3. The summed E-state index contributed by atoms with van der Waals surface area (Å²) >= 11 is 0. The van der Waals surface area contributed by atoms with E-state index in [1.165, 1.54) is 295 Å². The van der Waals surface area contributed by atoms with Gasteiger partial charge in [-0.2, -0.15) is 0 Å². The molecule has 6 heteroatoms. The highest BCUT2D eigenvalue weighted by Gasteiger charge is 2.20. The smallest absolute Gasteiger partial charge is 0.306 e. The summed E-state index contributed by atoms with van der Waals surface area (Å²) in [6.45, 7) is 6.68. The molecule has 0 aliphatic carbocycles. The van der Waals surface area contributed by atoms with Gasteiger partial charge in [0, 0.05) is 19.3 Å². The summed E-state index contributed by atoms with van der Waals surface area (Å²) < 4.78 is 17.0. The largest absolute Gasteiger partial charge is 0.462 e. The highest BCUT2D eigenvalue weighted by atomic mass is 16.6. The van der Waals surface area contributed by atoms with E-state index in [-0.39, 0.29) is 31.1 Å². The van der Waals surface area contributed by atoms with Crippen molar-refractivity contribution < 1.29 is 28.6 Å². The van der Waals surface area contributed by atoms with Crippen LogP contribution in [-0.2, 0) is 28.6 Å². The normalized spacial score (nSPS) is 12.2. The van der Waals surface area contributed by atoms with E-state index in [4.69, 9.17) is 14.2 Å². The topological polar surface area (TPSA) is 78.9 Å². The van der Waals surface area contributed by atoms with Gasteiger partial charge in [-0.05, 0) is 57.8 Å². The standard InChI is InChI=1S/C76H142O6/c1-4-7-10-13-16-19-22-25-27-29-31-32-33-34-35-36-37-38-39-40-41-42-43-45-46-48-51-54-57-60-63-66-69-75(78)81-72-73(71-80-74(77)68-65-62-59-56-53-50-24-21-18-15-12-9-6-3)82-76(79)70-67-64-61-58-55-52-49-47-44-30-28-26-23-20-17-14-11-8-5-2/h17,20,26,28,44,47,73H,4-16,18-19,21-25,27,29-43,45-46,48-72H2,1-3H3/b20-17-,28-26-,47-44-. The van der Waals surface area contributed by atoms with Crippen LogP contribution in [0.4, 0.5) is 0 Å². The molecule has 482 valence electrons. The first kappa shape index (κ1) is 79.6. The Morgan fingerprint density at radius 3 is 0.707 bits per heavy atom. The van der Waals surface area contributed by atoms with Gasteiger partial charge >= 0.3 is 17.9 Å². The Balaban J connectivity index is 4.13. The maximum absolute atomic E-state index is 12.9. The molecule has 0 aliphatic heterocycles. The van der Waals surface area contributed by atoms with Crippen molar-refractivity contribution >= 4 is 17.9 Å². The van der Waals surface area contributed by atoms with Gasteiger partial charge in [0.15, 0.2) is 6.10 Å². The molecule has 1 unspecified atom stereocenters. The average molecular weight is 1150 g/mol. The highest BCUT2D eigenvalue weighted by Crippen LogP contribution is 2.19. The lowest BCUT2D eigenvalue weighted by Gasteiger charge is -2.18. The Morgan fingerprint density at radius 1 is 0.244 bits per heavy atom. The number of esters is 3. The van der Waals surface area contributed by atoms with Gasteiger partial charge in [0.05, 0.1) is 0 Å². The van der Waals surface area contributed by atoms with Crippen LogP contribution in [0.1, 0.15) is 412 Å². The van der Waals surface area contributed by atoms with Gasteiger partial charge in [-0.3, -0.25) is 14.4 Å². The summed E-state index contributed by atoms with van der Waals surface area (Å²) in [7, 11) is 0. The molecular weight excluding hydrogens is 1010 g/mol. The van der Waals surface area contributed by atoms with E-state index in [0.29, 0.717) is 19.3 Å². The van der Waals surface area contributed by atoms with Crippen molar-refractivity contribution in [2.45, 2.75) is 419 Å². The van der Waals surface area contributed by atoms with Gasteiger partial charge < -0.3 is 14.2 Å². The summed E-state index contributed by atoms with van der Waals surface area (Å²) in [5.41, 5.74) is 0. The number of unbranched alkanes of at least 4 members (excludes halogenated alkanes) is 52. The number of ether oxygens (including phenoxy) is 3. The fourth-order valence-electron chi connectivity index (χ4n) is 11.3. The number of allylic oxidation sites excluding steroid dienone is 6. The molecule has 0 rings (SSSR count). The van der Waals surface area contributed by atoms with Crippen molar-refractivity contribution in [2.24, 2.45) is 0 Å². The van der Waals surface area contributed by atoms with Crippen molar-refractivity contribution in [3.63, 3.8) is 0 Å². The van der Waals surface area contributed by atoms with E-state index in [9.17, 15) is 14.4 Å². The van der Waals surface area contributed by atoms with Gasteiger partial charge in [0.2, 0.25) is 0 Å². The molecule has 0 amide bonds. The molecule has 0 aromatic heterocycles. The van der Waals surface area contributed by atoms with E-state index < -0.39 is 6.10 Å². The summed E-state index contributed by atoms with van der Waals surface area (Å²) in [5.74, 6) is -0.855. The van der Waals surface area contributed by atoms with Crippen LogP contribution in [-0.4, -0.2) is 37.2 Å². The maximum Gasteiger partial charge on any atom is 0.306 e. The molecule has 0 heterocycles. The molecule has 0 aromatic carbocycles. The Kier molecular flexibility index (Phi) is 69.1. The zero-order valence-corrected chi connectivity index (χ0v) is 55.5. The Bertz CT molecular complexity index is 1370. The van der Waals surface area contributed by atoms with Crippen molar-refractivity contribution in [2.75, 3.05) is 13.2 Å². The minimum absolute atomic E-state index is 0.0719. The van der Waals surface area contributed by atoms with E-state index in [0.717, 1.165) is 77.0 Å². The Hall–Kier alpha value is -2.37. The van der Waals surface area contributed by atoms with Crippen molar-refractivity contribution in [3.8, 4) is 0 Å². The van der Waals surface area contributed by atoms with E-state index in [1.807, 2.05) is 0 Å². The Morgan fingerprint density at radius 2 is 0.439 bits per heavy atom. The van der Waals surface area contributed by atoms with Crippen molar-refractivity contribution in [1.29, 1.82) is 0 Å². The van der Waals surface area contributed by atoms with Crippen molar-refractivity contribution in [3.05, 3.63) is 36.5 Å². The van der Waals surface area contributed by atoms with Crippen LogP contribution in [0, 0.1) is 0 Å². The van der Waals surface area contributed by atoms with Gasteiger partial charge in [-0.15, -0.1) is 0 Å². The van der Waals surface area contributed by atoms with Gasteiger partial charge in [0.25, 0.3) is 0 Å². The van der Waals surface area contributed by atoms with Crippen molar-refractivity contribution in [1.82, 2.24) is 0 Å². The molecule has 0 aliphatic rings. The highest BCUT2D eigenvalue weighted by molar-refractivity contribution is 5.71. The quantitative estimate of drug-likeness (QED) is 0.0261. The van der Waals surface area contributed by atoms with Crippen LogP contribution >= 0.6 is 0 Å². The lowest BCUT2D eigenvalue weighted by Crippen LogP contribution is -2.30. The molecule has 0 bridgehead atoms. The maximum atomic E-state index is 12.9. The molecule has 0 saturated carbocycles. The minimum atomic E-state index is -0.777. The monoisotopic (exact) mass is 1150 g/mol. The molecule has 0 aromatic rings. The zero-order valence-electron chi connectivity index (χ0n) is 55.5. The van der Waals surface area contributed by atoms with Gasteiger partial charge in [0.1, 0.15) is 13.2 Å². The third kappa shape index (κ3) is 68.4. The molecule has 0 fully saturated rings. The molecule has 0 spiro atoms. The van der Waals surface area contributed by atoms with Crippen LogP contribution in [0.2, 0.25) is 0 Å². The third-order valence-electron chi connectivity index (χ3n) is 16.9. The van der Waals surface area contributed by atoms with Crippen LogP contribution in [0.25, 0.3) is 0 Å². The van der Waals surface area contributed by atoms with Gasteiger partial charge in [-0.1, -0.05) is 372 Å². The lowest BCUT2D eigenvalue weighted by molar-refractivity contribution is -0.167. The van der Waals surface area contributed by atoms with E-state index >= 15 is 0 Å². The van der Waals surface area contributed by atoms with Gasteiger partial charge in [-0.25, -0.2) is 0 Å². The summed E-state index contributed by atoms with van der Waals surface area (Å²) in [5, 5.41) is 0. The van der Waals surface area contributed by atoms with Crippen LogP contribution in [0.3, 0.4) is 0 Å². The summed E-state index contributed by atoms with van der Waals surface area (Å²) in [6, 6.07) is 0. The predicted molar refractivity (Wildman–Crippen MR) is 358 cm³/mol. The number of rotatable bonds is 69. The first-order chi connectivity index (χ1) is 40.5. The molecule has 82 heavy (non-hydrogen) atoms. The second kappa shape index (κ2) is 71.1. The second-order valence-corrected chi connectivity index (χ2v) is 25.2. The zero-order chi connectivity index (χ0) is 59.2. The first-order valence-electron chi connectivity index (χ1n) is 37.0. The molecule has 1 atom stereocenters. The minimum Gasteiger partial charge on any atom is -0.462 e. The van der Waals surface area contributed by atoms with E-state index in [2.05, 4.69) is 57.2 Å². The third-order valence-corrected chi connectivity index (χ3v) is 16.9. The van der Waals surface area contributed by atoms with Crippen LogP contribution in [0.5, 0.6) is 0 Å². The SMILES string of the molecule is CCCCC/C=C\C/C=C\C/C=C\CCCCCCCCC(=O)OC(COC(=O)CCCCCCCCCCCCCCC)COC(=O)CCCCCCCCCCCCCCCCCCCCCCCCCCCCCCCCCC. The molecular formula is C76H142O6. The first-order valence-corrected chi connectivity index (χ1v) is 37.0. The number of carbonyl (C=O) groups is 3. The fourth-order valence-corrected chi connectivity index (χ4v) is 11.3. The molecule has 6 nitrogen and oxygen atoms in total. The predicted octanol–water partition coefficient (Wildman–Crippen LogP) is 25.5. The summed E-state index contributed by atoms with van der Waals surface area (Å²) in [6.07, 6.45) is 89.1. The lowest BCUT2D eigenvalue weighted by atomic mass is 10.0. The number of hydrogen-bond acceptors (Lipinski definition) is 6. The Labute approximate surface area is 512 Å². The molecule has 0 radical (unpaired) electrons. The second-order valence-electron chi connectivity index (χ2n) is 25.2. The average Bonchev–Trinajstić information content (AvgIpc) is 3.47. The fraction of sp³-hybridized carbons (Fsp3) is 0.882. The molecule has 0 N–H and O–H groups in total. The number of hydrogen-bond donors (Lipinski definition) is 0.